The fourth-order valence-electron chi connectivity index (χ4n) is 2.68. The quantitative estimate of drug-likeness (QED) is 0.466. The van der Waals surface area contributed by atoms with Gasteiger partial charge in [-0.3, -0.25) is 24.6 Å². The lowest BCUT2D eigenvalue weighted by Gasteiger charge is -2.13. The maximum atomic E-state index is 12.1. The number of nitro groups is 1. The fraction of sp³-hybridized carbons (Fsp3) is 0.111. The molecule has 132 valence electrons. The Kier molecular flexibility index (Phi) is 4.76. The van der Waals surface area contributed by atoms with Crippen LogP contribution in [0.25, 0.3) is 11.1 Å². The number of carbonyl (C=O) groups excluding carboxylic acids is 2. The van der Waals surface area contributed by atoms with E-state index in [1.165, 1.54) is 12.1 Å². The summed E-state index contributed by atoms with van der Waals surface area (Å²) in [7, 11) is 0. The molecule has 0 atom stereocenters. The molecular formula is C18H15N3O5. The first kappa shape index (κ1) is 17.3. The number of nitrogens with one attached hydrogen (secondary N) is 1. The van der Waals surface area contributed by atoms with E-state index in [0.29, 0.717) is 16.8 Å². The summed E-state index contributed by atoms with van der Waals surface area (Å²) in [6.45, 7) is -0.362. The molecule has 0 fully saturated rings. The number of carbonyl (C=O) groups is 2. The lowest BCUT2D eigenvalue weighted by molar-refractivity contribution is -0.384. The van der Waals surface area contributed by atoms with Gasteiger partial charge in [0.15, 0.2) is 0 Å². The van der Waals surface area contributed by atoms with Crippen LogP contribution in [0, 0.1) is 10.1 Å². The van der Waals surface area contributed by atoms with Gasteiger partial charge in [-0.25, -0.2) is 0 Å². The standard InChI is InChI=1S/C18H15N3O5/c22-10-9-20-17(23)11-15(18(20)24)19-13-7-5-12(6-8-13)14-3-1-2-4-16(14)21(25)26/h1-8,11,19,22H,9-10H2. The number of hydrogen-bond donors (Lipinski definition) is 2. The highest BCUT2D eigenvalue weighted by atomic mass is 16.6. The van der Waals surface area contributed by atoms with Crippen molar-refractivity contribution in [3.8, 4) is 11.1 Å². The highest BCUT2D eigenvalue weighted by molar-refractivity contribution is 6.17. The molecule has 8 heteroatoms. The molecule has 3 rings (SSSR count). The molecule has 1 heterocycles. The molecule has 0 saturated heterocycles. The number of aliphatic hydroxyl groups excluding tert-OH is 1. The van der Waals surface area contributed by atoms with Gasteiger partial charge in [-0.2, -0.15) is 0 Å². The third kappa shape index (κ3) is 3.31. The van der Waals surface area contributed by atoms with Crippen LogP contribution in [0.5, 0.6) is 0 Å². The minimum atomic E-state index is -0.508. The van der Waals surface area contributed by atoms with Gasteiger partial charge < -0.3 is 10.4 Å². The van der Waals surface area contributed by atoms with Crippen LogP contribution >= 0.6 is 0 Å². The molecule has 1 aliphatic rings. The Balaban J connectivity index is 1.80. The van der Waals surface area contributed by atoms with Crippen LogP contribution in [0.3, 0.4) is 0 Å². The summed E-state index contributed by atoms with van der Waals surface area (Å²) in [5.41, 5.74) is 1.83. The van der Waals surface area contributed by atoms with E-state index in [4.69, 9.17) is 5.11 Å². The molecule has 2 amide bonds. The van der Waals surface area contributed by atoms with Gasteiger partial charge in [-0.15, -0.1) is 0 Å². The van der Waals surface area contributed by atoms with Crippen molar-refractivity contribution in [2.75, 3.05) is 18.5 Å². The maximum absolute atomic E-state index is 12.1. The second-order valence-electron chi connectivity index (χ2n) is 5.55. The minimum absolute atomic E-state index is 0.00660. The van der Waals surface area contributed by atoms with Crippen molar-refractivity contribution >= 4 is 23.2 Å². The molecule has 0 unspecified atom stereocenters. The first-order valence-electron chi connectivity index (χ1n) is 7.80. The van der Waals surface area contributed by atoms with Crippen LogP contribution in [0.15, 0.2) is 60.3 Å². The third-order valence-corrected chi connectivity index (χ3v) is 3.91. The summed E-state index contributed by atoms with van der Waals surface area (Å²) in [4.78, 5) is 35.5. The second kappa shape index (κ2) is 7.16. The molecule has 26 heavy (non-hydrogen) atoms. The zero-order valence-corrected chi connectivity index (χ0v) is 13.6. The first-order valence-corrected chi connectivity index (χ1v) is 7.80. The van der Waals surface area contributed by atoms with E-state index >= 15 is 0 Å². The highest BCUT2D eigenvalue weighted by Gasteiger charge is 2.30. The van der Waals surface area contributed by atoms with Crippen LogP contribution in [0.1, 0.15) is 0 Å². The Bertz CT molecular complexity index is 905. The largest absolute Gasteiger partial charge is 0.395 e. The Hall–Kier alpha value is -3.52. The van der Waals surface area contributed by atoms with Crippen LogP contribution in [0.2, 0.25) is 0 Å². The van der Waals surface area contributed by atoms with E-state index in [9.17, 15) is 19.7 Å². The predicted octanol–water partition coefficient (Wildman–Crippen LogP) is 1.92. The van der Waals surface area contributed by atoms with Gasteiger partial charge in [0.25, 0.3) is 17.5 Å². The number of imide groups is 1. The molecule has 1 aliphatic heterocycles. The topological polar surface area (TPSA) is 113 Å². The van der Waals surface area contributed by atoms with Crippen LogP contribution in [-0.4, -0.2) is 39.9 Å². The van der Waals surface area contributed by atoms with E-state index < -0.39 is 16.7 Å². The number of aliphatic hydroxyl groups is 1. The van der Waals surface area contributed by atoms with Crippen molar-refractivity contribution in [2.45, 2.75) is 0 Å². The molecule has 0 spiro atoms. The molecule has 0 radical (unpaired) electrons. The third-order valence-electron chi connectivity index (χ3n) is 3.91. The Morgan fingerprint density at radius 3 is 2.42 bits per heavy atom. The zero-order valence-electron chi connectivity index (χ0n) is 13.6. The maximum Gasteiger partial charge on any atom is 0.277 e. The van der Waals surface area contributed by atoms with Crippen LogP contribution in [0.4, 0.5) is 11.4 Å². The Morgan fingerprint density at radius 1 is 1.08 bits per heavy atom. The molecule has 8 nitrogen and oxygen atoms in total. The molecule has 0 aliphatic carbocycles. The lowest BCUT2D eigenvalue weighted by atomic mass is 10.0. The van der Waals surface area contributed by atoms with Gasteiger partial charge in [0.1, 0.15) is 5.70 Å². The monoisotopic (exact) mass is 353 g/mol. The number of rotatable bonds is 6. The highest BCUT2D eigenvalue weighted by Crippen LogP contribution is 2.30. The van der Waals surface area contributed by atoms with Crippen molar-refractivity contribution in [1.29, 1.82) is 0 Å². The summed E-state index contributed by atoms with van der Waals surface area (Å²) < 4.78 is 0. The van der Waals surface area contributed by atoms with Crippen LogP contribution in [-0.2, 0) is 9.59 Å². The van der Waals surface area contributed by atoms with E-state index in [-0.39, 0.29) is 24.5 Å². The summed E-state index contributed by atoms with van der Waals surface area (Å²) in [6, 6.07) is 13.1. The number of para-hydroxylation sites is 1. The van der Waals surface area contributed by atoms with Gasteiger partial charge >= 0.3 is 0 Å². The summed E-state index contributed by atoms with van der Waals surface area (Å²) in [5.74, 6) is -0.991. The number of anilines is 1. The normalized spacial score (nSPS) is 13.7. The van der Waals surface area contributed by atoms with E-state index in [0.717, 1.165) is 4.90 Å². The number of β-amino-alcohol motifs (C(OH)–C–C–N with tert-alkyl or cyclic N) is 1. The second-order valence-corrected chi connectivity index (χ2v) is 5.55. The number of hydrogen-bond acceptors (Lipinski definition) is 6. The molecular weight excluding hydrogens is 338 g/mol. The summed E-state index contributed by atoms with van der Waals surface area (Å²) in [6.07, 6.45) is 1.17. The SMILES string of the molecule is O=C1C=C(Nc2ccc(-c3ccccc3[N+](=O)[O-])cc2)C(=O)N1CCO. The van der Waals surface area contributed by atoms with Gasteiger partial charge in [0.2, 0.25) is 0 Å². The van der Waals surface area contributed by atoms with Crippen molar-refractivity contribution in [2.24, 2.45) is 0 Å². The molecule has 0 saturated carbocycles. The van der Waals surface area contributed by atoms with E-state index in [2.05, 4.69) is 5.32 Å². The fourth-order valence-corrected chi connectivity index (χ4v) is 2.68. The average Bonchev–Trinajstić information content (AvgIpc) is 2.90. The molecule has 0 bridgehead atoms. The van der Waals surface area contributed by atoms with E-state index in [1.807, 2.05) is 0 Å². The average molecular weight is 353 g/mol. The number of nitro benzene ring substituents is 1. The molecule has 2 aromatic carbocycles. The molecule has 2 N–H and O–H groups in total. The summed E-state index contributed by atoms with van der Waals surface area (Å²) in [5, 5.41) is 22.9. The van der Waals surface area contributed by atoms with Crippen molar-refractivity contribution < 1.29 is 19.6 Å². The van der Waals surface area contributed by atoms with E-state index in [1.54, 1.807) is 42.5 Å². The lowest BCUT2D eigenvalue weighted by Crippen LogP contribution is -2.34. The predicted molar refractivity (Wildman–Crippen MR) is 94.0 cm³/mol. The Morgan fingerprint density at radius 2 is 1.77 bits per heavy atom. The van der Waals surface area contributed by atoms with Crippen LogP contribution < -0.4 is 5.32 Å². The van der Waals surface area contributed by atoms with Gasteiger partial charge in [-0.05, 0) is 23.8 Å². The first-order chi connectivity index (χ1) is 12.5. The minimum Gasteiger partial charge on any atom is -0.395 e. The van der Waals surface area contributed by atoms with Crippen molar-refractivity contribution in [3.05, 3.63) is 70.4 Å². The summed E-state index contributed by atoms with van der Waals surface area (Å²) >= 11 is 0. The van der Waals surface area contributed by atoms with Gasteiger partial charge in [0, 0.05) is 17.8 Å². The van der Waals surface area contributed by atoms with Crippen molar-refractivity contribution in [1.82, 2.24) is 4.90 Å². The van der Waals surface area contributed by atoms with Crippen molar-refractivity contribution in [3.63, 3.8) is 0 Å². The molecule has 2 aromatic rings. The zero-order chi connectivity index (χ0) is 18.7. The van der Waals surface area contributed by atoms with Gasteiger partial charge in [-0.1, -0.05) is 24.3 Å². The number of benzene rings is 2. The van der Waals surface area contributed by atoms with Gasteiger partial charge in [0.05, 0.1) is 23.6 Å². The Labute approximate surface area is 148 Å². The smallest absolute Gasteiger partial charge is 0.277 e. The molecule has 0 aromatic heterocycles. The number of nitrogens with zero attached hydrogens (tertiary/aromatic N) is 2. The number of amides is 2.